The minimum Gasteiger partial charge on any atom is -0.493 e. The first-order valence-corrected chi connectivity index (χ1v) is 10.9. The number of hydrogen-bond acceptors (Lipinski definition) is 8. The van der Waals surface area contributed by atoms with Crippen LogP contribution in [0.25, 0.3) is 5.95 Å². The highest BCUT2D eigenvalue weighted by Crippen LogP contribution is 2.35. The predicted molar refractivity (Wildman–Crippen MR) is 134 cm³/mol. The number of benzene rings is 2. The van der Waals surface area contributed by atoms with Crippen LogP contribution in [0.15, 0.2) is 59.7 Å². The normalized spacial score (nSPS) is 11.1. The van der Waals surface area contributed by atoms with Gasteiger partial charge in [0, 0.05) is 29.7 Å². The van der Waals surface area contributed by atoms with Crippen LogP contribution >= 0.6 is 0 Å². The maximum atomic E-state index is 15.3. The Balaban J connectivity index is 0.00000115. The molecule has 1 unspecified atom stereocenters. The molecule has 2 heterocycles. The highest BCUT2D eigenvalue weighted by Gasteiger charge is 2.26. The molecule has 0 saturated carbocycles. The molecule has 0 saturated heterocycles. The highest BCUT2D eigenvalue weighted by molar-refractivity contribution is 5.52. The summed E-state index contributed by atoms with van der Waals surface area (Å²) in [6.07, 6.45) is 3.75. The summed E-state index contributed by atoms with van der Waals surface area (Å²) in [5, 5.41) is 13.5. The van der Waals surface area contributed by atoms with Gasteiger partial charge in [-0.15, -0.1) is 9.78 Å². The highest BCUT2D eigenvalue weighted by atomic mass is 19.1. The van der Waals surface area contributed by atoms with Crippen LogP contribution in [0.2, 0.25) is 0 Å². The molecule has 2 aromatic heterocycles. The van der Waals surface area contributed by atoms with Gasteiger partial charge in [-0.2, -0.15) is 0 Å². The third-order valence-corrected chi connectivity index (χ3v) is 4.91. The molecule has 5 N–H and O–H groups in total. The number of aromatic amines is 1. The molecular formula is C24H27FN8O3. The molecule has 188 valence electrons. The largest absolute Gasteiger partial charge is 0.493 e. The maximum Gasteiger partial charge on any atom is 0.350 e. The lowest BCUT2D eigenvalue weighted by atomic mass is 10.0. The second kappa shape index (κ2) is 12.1. The van der Waals surface area contributed by atoms with Gasteiger partial charge in [-0.05, 0) is 38.1 Å². The first-order valence-electron chi connectivity index (χ1n) is 10.9. The Morgan fingerprint density at radius 2 is 1.89 bits per heavy atom. The Kier molecular flexibility index (Phi) is 8.70. The number of aryl methyl sites for hydroxylation is 1. The van der Waals surface area contributed by atoms with Gasteiger partial charge < -0.3 is 20.5 Å². The number of methoxy groups -OCH3 is 1. The van der Waals surface area contributed by atoms with Gasteiger partial charge >= 0.3 is 5.69 Å². The van der Waals surface area contributed by atoms with Crippen molar-refractivity contribution in [3.8, 4) is 17.4 Å². The lowest BCUT2D eigenvalue weighted by Crippen LogP contribution is -2.18. The summed E-state index contributed by atoms with van der Waals surface area (Å²) in [7, 11) is 1.48. The molecule has 0 aliphatic heterocycles. The summed E-state index contributed by atoms with van der Waals surface area (Å²) < 4.78 is 27.2. The van der Waals surface area contributed by atoms with Crippen molar-refractivity contribution in [2.45, 2.75) is 19.9 Å². The molecule has 0 spiro atoms. The van der Waals surface area contributed by atoms with E-state index in [9.17, 15) is 4.79 Å². The number of halogens is 1. The van der Waals surface area contributed by atoms with E-state index in [0.29, 0.717) is 18.0 Å². The fraction of sp³-hybridized carbons (Fsp3) is 0.208. The number of ether oxygens (including phenoxy) is 2. The van der Waals surface area contributed by atoms with Crippen molar-refractivity contribution in [1.82, 2.24) is 24.7 Å². The number of aromatic nitrogens is 5. The van der Waals surface area contributed by atoms with E-state index in [-0.39, 0.29) is 23.1 Å². The minimum atomic E-state index is -0.852. The van der Waals surface area contributed by atoms with E-state index in [4.69, 9.17) is 14.9 Å². The van der Waals surface area contributed by atoms with Crippen molar-refractivity contribution < 1.29 is 13.9 Å². The fourth-order valence-corrected chi connectivity index (χ4v) is 3.32. The first-order chi connectivity index (χ1) is 17.4. The Morgan fingerprint density at radius 3 is 2.50 bits per heavy atom. The molecule has 2 aromatic carbocycles. The van der Waals surface area contributed by atoms with Crippen LogP contribution in [0.3, 0.4) is 0 Å². The number of anilines is 1. The van der Waals surface area contributed by atoms with Gasteiger partial charge in [-0.3, -0.25) is 10.4 Å². The van der Waals surface area contributed by atoms with Crippen molar-refractivity contribution >= 4 is 12.0 Å². The second-order valence-corrected chi connectivity index (χ2v) is 7.34. The molecular weight excluding hydrogens is 467 g/mol. The predicted octanol–water partition coefficient (Wildman–Crippen LogP) is 2.96. The molecule has 0 bridgehead atoms. The summed E-state index contributed by atoms with van der Waals surface area (Å²) in [5.41, 5.74) is 5.84. The zero-order valence-corrected chi connectivity index (χ0v) is 20.0. The molecule has 4 rings (SSSR count). The van der Waals surface area contributed by atoms with Gasteiger partial charge in [0.2, 0.25) is 0 Å². The SMILES string of the molecule is CCOc1cc(F)c(C(Nc2ccc(C)cc2)c2nn(-c3ncccn3)c(=O)[nH]2)cc1OC.N=CN. The van der Waals surface area contributed by atoms with Gasteiger partial charge in [0.1, 0.15) is 11.9 Å². The quantitative estimate of drug-likeness (QED) is 0.215. The summed E-state index contributed by atoms with van der Waals surface area (Å²) >= 11 is 0. The average molecular weight is 495 g/mol. The van der Waals surface area contributed by atoms with Crippen molar-refractivity contribution in [1.29, 1.82) is 5.41 Å². The fourth-order valence-electron chi connectivity index (χ4n) is 3.32. The van der Waals surface area contributed by atoms with Crippen LogP contribution < -0.4 is 26.2 Å². The van der Waals surface area contributed by atoms with Crippen molar-refractivity contribution in [3.05, 3.63) is 88.1 Å². The molecule has 0 aliphatic carbocycles. The van der Waals surface area contributed by atoms with E-state index in [0.717, 1.165) is 16.6 Å². The average Bonchev–Trinajstić information content (AvgIpc) is 3.26. The van der Waals surface area contributed by atoms with Crippen molar-refractivity contribution in [3.63, 3.8) is 0 Å². The van der Waals surface area contributed by atoms with Crippen LogP contribution in [0.5, 0.6) is 11.5 Å². The molecule has 0 aliphatic rings. The van der Waals surface area contributed by atoms with Gasteiger partial charge in [0.05, 0.1) is 20.1 Å². The summed E-state index contributed by atoms with van der Waals surface area (Å²) in [5.74, 6) is 0.376. The van der Waals surface area contributed by atoms with E-state index in [1.165, 1.54) is 31.6 Å². The van der Waals surface area contributed by atoms with Gasteiger partial charge in [0.15, 0.2) is 17.3 Å². The molecule has 12 heteroatoms. The second-order valence-electron chi connectivity index (χ2n) is 7.34. The number of nitrogens with one attached hydrogen (secondary N) is 3. The van der Waals surface area contributed by atoms with Crippen molar-refractivity contribution in [2.75, 3.05) is 19.0 Å². The summed E-state index contributed by atoms with van der Waals surface area (Å²) in [4.78, 5) is 23.4. The van der Waals surface area contributed by atoms with Gasteiger partial charge in [-0.25, -0.2) is 19.2 Å². The smallest absolute Gasteiger partial charge is 0.350 e. The Morgan fingerprint density at radius 1 is 1.22 bits per heavy atom. The van der Waals surface area contributed by atoms with E-state index in [2.05, 4.69) is 31.1 Å². The third kappa shape index (κ3) is 6.03. The van der Waals surface area contributed by atoms with Crippen LogP contribution in [-0.4, -0.2) is 44.8 Å². The van der Waals surface area contributed by atoms with Crippen LogP contribution in [0, 0.1) is 18.2 Å². The van der Waals surface area contributed by atoms with E-state index >= 15 is 4.39 Å². The number of H-pyrrole nitrogens is 1. The van der Waals surface area contributed by atoms with Crippen LogP contribution in [-0.2, 0) is 0 Å². The van der Waals surface area contributed by atoms with E-state index in [1.54, 1.807) is 13.0 Å². The standard InChI is InChI=1S/C23H23FN6O3.CH4N2/c1-4-33-19-13-17(24)16(12-18(19)32-3)20(27-15-8-6-14(2)7-9-15)21-28-23(31)30(29-21)22-25-10-5-11-26-22;2-1-3/h5-13,20,27H,4H2,1-3H3,(H,28,29,31);1H,(H3,2,3). The molecule has 0 fully saturated rings. The number of nitrogens with zero attached hydrogens (tertiary/aromatic N) is 4. The lowest BCUT2D eigenvalue weighted by molar-refractivity contribution is 0.308. The molecule has 0 radical (unpaired) electrons. The summed E-state index contributed by atoms with van der Waals surface area (Å²) in [6, 6.07) is 11.1. The Labute approximate surface area is 206 Å². The topological polar surface area (TPSA) is 157 Å². The maximum absolute atomic E-state index is 15.3. The number of nitrogens with two attached hydrogens (primary N) is 1. The summed E-state index contributed by atoms with van der Waals surface area (Å²) in [6.45, 7) is 4.13. The molecule has 0 amide bonds. The monoisotopic (exact) mass is 494 g/mol. The van der Waals surface area contributed by atoms with Gasteiger partial charge in [-0.1, -0.05) is 17.7 Å². The Bertz CT molecular complexity index is 1340. The zero-order chi connectivity index (χ0) is 26.1. The van der Waals surface area contributed by atoms with Crippen LogP contribution in [0.1, 0.15) is 29.9 Å². The minimum absolute atomic E-state index is 0.101. The van der Waals surface area contributed by atoms with Gasteiger partial charge in [0.25, 0.3) is 5.95 Å². The van der Waals surface area contributed by atoms with E-state index in [1.807, 2.05) is 31.2 Å². The number of rotatable bonds is 8. The van der Waals surface area contributed by atoms with Crippen LogP contribution in [0.4, 0.5) is 10.1 Å². The lowest BCUT2D eigenvalue weighted by Gasteiger charge is -2.20. The third-order valence-electron chi connectivity index (χ3n) is 4.91. The molecule has 4 aromatic rings. The number of hydrogen-bond donors (Lipinski definition) is 4. The molecule has 36 heavy (non-hydrogen) atoms. The van der Waals surface area contributed by atoms with Crippen molar-refractivity contribution in [2.24, 2.45) is 5.73 Å². The first kappa shape index (κ1) is 25.9. The Hall–Kier alpha value is -4.74. The van der Waals surface area contributed by atoms with E-state index < -0.39 is 17.5 Å². The molecule has 1 atom stereocenters. The zero-order valence-electron chi connectivity index (χ0n) is 20.0. The molecule has 11 nitrogen and oxygen atoms in total.